The first kappa shape index (κ1) is 29.5. The van der Waals surface area contributed by atoms with Crippen LogP contribution in [0.15, 0.2) is 65.7 Å². The van der Waals surface area contributed by atoms with E-state index in [4.69, 9.17) is 14.5 Å². The molecule has 4 atom stereocenters. The highest BCUT2D eigenvalue weighted by molar-refractivity contribution is 6.15. The Morgan fingerprint density at radius 3 is 2.10 bits per heavy atom. The zero-order valence-corrected chi connectivity index (χ0v) is 24.7. The highest BCUT2D eigenvalue weighted by Gasteiger charge is 2.65. The van der Waals surface area contributed by atoms with E-state index >= 15 is 0 Å². The van der Waals surface area contributed by atoms with Gasteiger partial charge in [-0.25, -0.2) is 9.69 Å². The Balaban J connectivity index is 2.00. The van der Waals surface area contributed by atoms with Gasteiger partial charge in [0.1, 0.15) is 11.1 Å². The molecule has 1 saturated heterocycles. The number of benzene rings is 2. The Kier molecular flexibility index (Phi) is 7.96. The smallest absolute Gasteiger partial charge is 0.417 e. The highest BCUT2D eigenvalue weighted by atomic mass is 16.6. The molecule has 1 fully saturated rings. The molecule has 0 unspecified atom stereocenters. The molecule has 2 aliphatic heterocycles. The minimum atomic E-state index is -1.51. The van der Waals surface area contributed by atoms with Crippen molar-refractivity contribution in [1.82, 2.24) is 10.2 Å². The van der Waals surface area contributed by atoms with Crippen LogP contribution in [0.2, 0.25) is 0 Å². The zero-order valence-electron chi connectivity index (χ0n) is 24.7. The molecule has 0 aromatic heterocycles. The Morgan fingerprint density at radius 1 is 1.00 bits per heavy atom. The molecular weight excluding hydrogens is 506 g/mol. The lowest BCUT2D eigenvalue weighted by molar-refractivity contribution is -0.154. The minimum absolute atomic E-state index is 0.00436. The van der Waals surface area contributed by atoms with Crippen LogP contribution < -0.4 is 5.32 Å². The molecule has 2 aromatic carbocycles. The van der Waals surface area contributed by atoms with E-state index < -0.39 is 46.7 Å². The average molecular weight is 548 g/mol. The molecule has 0 saturated carbocycles. The summed E-state index contributed by atoms with van der Waals surface area (Å²) in [5.74, 6) is -1.13. The summed E-state index contributed by atoms with van der Waals surface area (Å²) < 4.78 is 11.4. The third-order valence-electron chi connectivity index (χ3n) is 7.25. The summed E-state index contributed by atoms with van der Waals surface area (Å²) >= 11 is 0. The number of hydrogen-bond acceptors (Lipinski definition) is 7. The first-order valence-electron chi connectivity index (χ1n) is 13.9. The van der Waals surface area contributed by atoms with Crippen LogP contribution in [0.25, 0.3) is 0 Å². The van der Waals surface area contributed by atoms with Gasteiger partial charge < -0.3 is 9.47 Å². The largest absolute Gasteiger partial charge is 0.462 e. The molecule has 0 bridgehead atoms. The van der Waals surface area contributed by atoms with Crippen molar-refractivity contribution in [3.8, 4) is 0 Å². The summed E-state index contributed by atoms with van der Waals surface area (Å²) in [6, 6.07) is 17.6. The monoisotopic (exact) mass is 547 g/mol. The molecule has 2 amide bonds. The number of nitrogens with one attached hydrogen (secondary N) is 1. The number of aliphatic imine (C=N–C) groups is 1. The number of imide groups is 1. The predicted molar refractivity (Wildman–Crippen MR) is 154 cm³/mol. The van der Waals surface area contributed by atoms with Gasteiger partial charge >= 0.3 is 12.1 Å². The van der Waals surface area contributed by atoms with Gasteiger partial charge in [0.2, 0.25) is 0 Å². The van der Waals surface area contributed by atoms with Crippen LogP contribution in [0, 0.1) is 5.92 Å². The second-order valence-electron chi connectivity index (χ2n) is 12.6. The number of hydrogen-bond donors (Lipinski definition) is 1. The Labute approximate surface area is 237 Å². The number of rotatable bonds is 5. The summed E-state index contributed by atoms with van der Waals surface area (Å²) in [7, 11) is 0. The Bertz CT molecular complexity index is 1280. The molecule has 214 valence electrons. The van der Waals surface area contributed by atoms with Gasteiger partial charge in [0, 0.05) is 6.42 Å². The van der Waals surface area contributed by atoms with E-state index in [1.54, 1.807) is 41.5 Å². The van der Waals surface area contributed by atoms with Crippen LogP contribution in [0.5, 0.6) is 0 Å². The van der Waals surface area contributed by atoms with Crippen molar-refractivity contribution in [3.05, 3.63) is 71.8 Å². The van der Waals surface area contributed by atoms with Crippen LogP contribution in [0.1, 0.15) is 79.0 Å². The SMILES string of the molecule is CC(C)OC(=O)[C@]1(C)C[C@@]2(N=C(c3ccccc3)[C@H](C(C)C)N(C(=O)OC(C)(C)C)C2=O)[C@H](c2ccccc2)N1. The summed E-state index contributed by atoms with van der Waals surface area (Å²) in [4.78, 5) is 48.6. The van der Waals surface area contributed by atoms with Crippen molar-refractivity contribution in [2.24, 2.45) is 10.9 Å². The maximum absolute atomic E-state index is 14.8. The summed E-state index contributed by atoms with van der Waals surface area (Å²) in [6.07, 6.45) is -1.07. The first-order chi connectivity index (χ1) is 18.7. The van der Waals surface area contributed by atoms with E-state index in [0.29, 0.717) is 5.71 Å². The standard InChI is InChI=1S/C32H41N3O5/c1-20(2)25-24(22-15-11-9-12-16-22)33-32(27(36)35(25)29(38)40-30(5,6)7)19-31(8,28(37)39-21(3)4)34-26(32)23-17-13-10-14-18-23/h9-18,20-21,25-26,34H,19H2,1-8H3/t25-,26-,31-,32+/m0/s1. The van der Waals surface area contributed by atoms with Crippen molar-refractivity contribution in [2.75, 3.05) is 0 Å². The fourth-order valence-corrected chi connectivity index (χ4v) is 5.66. The van der Waals surface area contributed by atoms with Gasteiger partial charge in [0.05, 0.1) is 23.9 Å². The molecule has 2 aromatic rings. The highest BCUT2D eigenvalue weighted by Crippen LogP contribution is 2.49. The normalized spacial score (nSPS) is 26.8. The van der Waals surface area contributed by atoms with E-state index in [1.165, 1.54) is 4.90 Å². The lowest BCUT2D eigenvalue weighted by Gasteiger charge is -2.45. The van der Waals surface area contributed by atoms with Gasteiger partial charge in [-0.2, -0.15) is 0 Å². The van der Waals surface area contributed by atoms with Crippen molar-refractivity contribution in [3.63, 3.8) is 0 Å². The maximum Gasteiger partial charge on any atom is 0.417 e. The summed E-state index contributed by atoms with van der Waals surface area (Å²) in [5, 5.41) is 3.42. The van der Waals surface area contributed by atoms with Gasteiger partial charge in [0.25, 0.3) is 5.91 Å². The molecule has 1 spiro atoms. The number of carbonyl (C=O) groups excluding carboxylic acids is 3. The third kappa shape index (κ3) is 5.55. The van der Waals surface area contributed by atoms with Gasteiger partial charge in [-0.15, -0.1) is 0 Å². The second kappa shape index (κ2) is 10.8. The van der Waals surface area contributed by atoms with E-state index in [-0.39, 0.29) is 18.4 Å². The molecule has 2 aliphatic rings. The molecule has 1 N–H and O–H groups in total. The molecular formula is C32H41N3O5. The van der Waals surface area contributed by atoms with Gasteiger partial charge in [-0.05, 0) is 58.6 Å². The zero-order chi connectivity index (χ0) is 29.5. The lowest BCUT2D eigenvalue weighted by atomic mass is 9.77. The van der Waals surface area contributed by atoms with E-state index in [0.717, 1.165) is 11.1 Å². The third-order valence-corrected chi connectivity index (χ3v) is 7.25. The maximum atomic E-state index is 14.8. The molecule has 2 heterocycles. The number of esters is 1. The topological polar surface area (TPSA) is 97.3 Å². The number of amides is 2. The van der Waals surface area contributed by atoms with E-state index in [1.807, 2.05) is 74.5 Å². The molecule has 8 nitrogen and oxygen atoms in total. The van der Waals surface area contributed by atoms with Gasteiger partial charge in [-0.1, -0.05) is 74.5 Å². The van der Waals surface area contributed by atoms with Crippen molar-refractivity contribution < 1.29 is 23.9 Å². The summed E-state index contributed by atoms with van der Waals surface area (Å²) in [6.45, 7) is 14.5. The molecule has 0 aliphatic carbocycles. The average Bonchev–Trinajstić information content (AvgIpc) is 3.19. The van der Waals surface area contributed by atoms with E-state index in [9.17, 15) is 14.4 Å². The van der Waals surface area contributed by atoms with Crippen LogP contribution >= 0.6 is 0 Å². The quantitative estimate of drug-likeness (QED) is 0.499. The predicted octanol–water partition coefficient (Wildman–Crippen LogP) is 5.46. The molecule has 8 heteroatoms. The van der Waals surface area contributed by atoms with Crippen LogP contribution in [0.3, 0.4) is 0 Å². The number of nitrogens with zero attached hydrogens (tertiary/aromatic N) is 2. The summed E-state index contributed by atoms with van der Waals surface area (Å²) in [5.41, 5.74) is -1.40. The van der Waals surface area contributed by atoms with Gasteiger partial charge in [-0.3, -0.25) is 19.9 Å². The van der Waals surface area contributed by atoms with Crippen LogP contribution in [0.4, 0.5) is 4.79 Å². The number of ether oxygens (including phenoxy) is 2. The first-order valence-corrected chi connectivity index (χ1v) is 13.9. The Morgan fingerprint density at radius 2 is 1.57 bits per heavy atom. The van der Waals surface area contributed by atoms with Gasteiger partial charge in [0.15, 0.2) is 5.54 Å². The second-order valence-corrected chi connectivity index (χ2v) is 12.6. The minimum Gasteiger partial charge on any atom is -0.462 e. The van der Waals surface area contributed by atoms with Crippen molar-refractivity contribution in [2.45, 2.75) is 96.7 Å². The van der Waals surface area contributed by atoms with Crippen molar-refractivity contribution in [1.29, 1.82) is 0 Å². The molecule has 4 rings (SSSR count). The fraction of sp³-hybridized carbons (Fsp3) is 0.500. The van der Waals surface area contributed by atoms with Crippen LogP contribution in [-0.4, -0.2) is 57.4 Å². The van der Waals surface area contributed by atoms with Crippen molar-refractivity contribution >= 4 is 23.7 Å². The molecule has 40 heavy (non-hydrogen) atoms. The lowest BCUT2D eigenvalue weighted by Crippen LogP contribution is -2.64. The Hall–Kier alpha value is -3.52. The van der Waals surface area contributed by atoms with Crippen LogP contribution in [-0.2, 0) is 19.1 Å². The number of carbonyl (C=O) groups is 3. The molecule has 0 radical (unpaired) electrons. The fourth-order valence-electron chi connectivity index (χ4n) is 5.66. The van der Waals surface area contributed by atoms with E-state index in [2.05, 4.69) is 5.32 Å².